The van der Waals surface area contributed by atoms with Gasteiger partial charge in [0.2, 0.25) is 0 Å². The van der Waals surface area contributed by atoms with Crippen molar-refractivity contribution in [2.24, 2.45) is 0 Å². The molecular weight excluding hydrogens is 335 g/mol. The molecule has 0 bridgehead atoms. The number of hydrogen-bond donors (Lipinski definition) is 0. The van der Waals surface area contributed by atoms with Crippen molar-refractivity contribution < 1.29 is 42.3 Å². The molecule has 0 heterocycles. The second kappa shape index (κ2) is 4.92. The maximum atomic E-state index is 5.76. The molecule has 0 amide bonds. The van der Waals surface area contributed by atoms with Crippen LogP contribution >= 0.6 is 23.2 Å². The second-order valence-electron chi connectivity index (χ2n) is 1.74. The summed E-state index contributed by atoms with van der Waals surface area (Å²) in [5.74, 6) is 0. The molecule has 0 saturated heterocycles. The zero-order chi connectivity index (χ0) is 6.85. The molecule has 10 heavy (non-hydrogen) atoms. The minimum absolute atomic E-state index is 0. The van der Waals surface area contributed by atoms with Gasteiger partial charge in [-0.2, -0.15) is 0 Å². The van der Waals surface area contributed by atoms with Crippen LogP contribution in [0.4, 0.5) is 0 Å². The van der Waals surface area contributed by atoms with Crippen LogP contribution in [0.25, 0.3) is 0 Å². The Morgan fingerprint density at radius 3 is 2.20 bits per heavy atom. The predicted octanol–water partition coefficient (Wildman–Crippen LogP) is -0.831. The molecule has 0 fully saturated rings. The van der Waals surface area contributed by atoms with E-state index in [9.17, 15) is 0 Å². The van der Waals surface area contributed by atoms with Crippen molar-refractivity contribution in [3.63, 3.8) is 0 Å². The van der Waals surface area contributed by atoms with Crippen molar-refractivity contribution >= 4 is 27.4 Å². The van der Waals surface area contributed by atoms with Gasteiger partial charge >= 0.3 is 73.9 Å². The van der Waals surface area contributed by atoms with Crippen molar-refractivity contribution in [2.45, 2.75) is 0 Å². The predicted molar refractivity (Wildman–Crippen MR) is 36.1 cm³/mol. The van der Waals surface area contributed by atoms with Crippen molar-refractivity contribution in [2.75, 3.05) is 0 Å². The fourth-order valence-corrected chi connectivity index (χ4v) is 1.39. The van der Waals surface area contributed by atoms with Crippen LogP contribution in [-0.2, 0) is 18.3 Å². The van der Waals surface area contributed by atoms with Gasteiger partial charge < -0.3 is 24.0 Å². The van der Waals surface area contributed by atoms with E-state index in [1.54, 1.807) is 6.07 Å². The van der Waals surface area contributed by atoms with Gasteiger partial charge in [0.15, 0.2) is 0 Å². The summed E-state index contributed by atoms with van der Waals surface area (Å²) in [7, 11) is 0. The number of benzene rings is 1. The summed E-state index contributed by atoms with van der Waals surface area (Å²) >= 11 is 12.5. The second-order valence-corrected chi connectivity index (χ2v) is 4.18. The van der Waals surface area contributed by atoms with Gasteiger partial charge in [-0.1, -0.05) is 0 Å². The molecular formula is C6H3Cl2IZn. The molecule has 0 aliphatic carbocycles. The maximum Gasteiger partial charge on any atom is -1.00 e. The molecule has 0 spiro atoms. The van der Waals surface area contributed by atoms with Gasteiger partial charge in [-0.05, 0) is 0 Å². The zero-order valence-electron chi connectivity index (χ0n) is 5.07. The van der Waals surface area contributed by atoms with Crippen LogP contribution in [-0.4, -0.2) is 0 Å². The summed E-state index contributed by atoms with van der Waals surface area (Å²) in [5.41, 5.74) is 0. The van der Waals surface area contributed by atoms with Crippen molar-refractivity contribution in [1.82, 2.24) is 0 Å². The van der Waals surface area contributed by atoms with Gasteiger partial charge in [0.25, 0.3) is 0 Å². The fourth-order valence-electron chi connectivity index (χ4n) is 0.522. The molecule has 50 valence electrons. The van der Waals surface area contributed by atoms with E-state index in [0.717, 1.165) is 23.3 Å². The molecule has 1 rings (SSSR count). The first-order valence-corrected chi connectivity index (χ1v) is 4.71. The van der Waals surface area contributed by atoms with Crippen LogP contribution < -0.4 is 28.1 Å². The van der Waals surface area contributed by atoms with Crippen molar-refractivity contribution in [3.8, 4) is 0 Å². The van der Waals surface area contributed by atoms with Crippen molar-refractivity contribution in [3.05, 3.63) is 28.2 Å². The van der Waals surface area contributed by atoms with E-state index in [1.165, 1.54) is 4.16 Å². The third-order valence-corrected chi connectivity index (χ3v) is 3.37. The number of rotatable bonds is 0. The largest absolute Gasteiger partial charge is 1.00 e. The van der Waals surface area contributed by atoms with E-state index in [-0.39, 0.29) is 24.0 Å². The Balaban J connectivity index is 0.000000810. The summed E-state index contributed by atoms with van der Waals surface area (Å²) in [6.07, 6.45) is 0. The van der Waals surface area contributed by atoms with Gasteiger partial charge in [0, 0.05) is 0 Å². The molecule has 0 unspecified atom stereocenters. The molecule has 0 radical (unpaired) electrons. The Hall–Kier alpha value is 1.15. The molecule has 0 aromatic heterocycles. The third kappa shape index (κ3) is 3.04. The standard InChI is InChI=1S/C6H3Cl2.HI.Zn/c7-5-2-1-3-6(8)4-5;;/h1-2,4H;1H;/q;;+1/p-1. The van der Waals surface area contributed by atoms with Crippen LogP contribution in [0.1, 0.15) is 0 Å². The number of hydrogen-bond acceptors (Lipinski definition) is 0. The van der Waals surface area contributed by atoms with E-state index >= 15 is 0 Å². The average Bonchev–Trinajstić information content (AvgIpc) is 1.80. The Morgan fingerprint density at radius 2 is 1.80 bits per heavy atom. The van der Waals surface area contributed by atoms with Crippen LogP contribution in [0.15, 0.2) is 18.2 Å². The maximum absolute atomic E-state index is 5.76. The summed E-state index contributed by atoms with van der Waals surface area (Å²) in [6.45, 7) is 0. The van der Waals surface area contributed by atoms with Crippen molar-refractivity contribution in [1.29, 1.82) is 0 Å². The zero-order valence-corrected chi connectivity index (χ0v) is 11.7. The van der Waals surface area contributed by atoms with Crippen LogP contribution in [0.5, 0.6) is 0 Å². The fraction of sp³-hybridized carbons (Fsp3) is 0. The third-order valence-electron chi connectivity index (χ3n) is 1.02. The first kappa shape index (κ1) is 11.2. The van der Waals surface area contributed by atoms with Gasteiger partial charge in [-0.3, -0.25) is 0 Å². The minimum atomic E-state index is 0. The molecule has 0 atom stereocenters. The first-order valence-electron chi connectivity index (χ1n) is 2.47. The summed E-state index contributed by atoms with van der Waals surface area (Å²) in [4.78, 5) is 0. The molecule has 0 saturated carbocycles. The molecule has 0 aliphatic rings. The molecule has 0 aliphatic heterocycles. The summed E-state index contributed by atoms with van der Waals surface area (Å²) in [6, 6.07) is 5.57. The van der Waals surface area contributed by atoms with Crippen LogP contribution in [0.3, 0.4) is 0 Å². The van der Waals surface area contributed by atoms with E-state index in [4.69, 9.17) is 23.2 Å². The monoisotopic (exact) mass is 336 g/mol. The van der Waals surface area contributed by atoms with Gasteiger partial charge in [0.05, 0.1) is 0 Å². The van der Waals surface area contributed by atoms with Gasteiger partial charge in [0.1, 0.15) is 0 Å². The molecule has 4 heteroatoms. The first-order chi connectivity index (χ1) is 4.20. The Morgan fingerprint density at radius 1 is 1.20 bits per heavy atom. The normalized spacial score (nSPS) is 8.80. The molecule has 0 nitrogen and oxygen atoms in total. The molecule has 0 N–H and O–H groups in total. The Bertz CT molecular complexity index is 227. The van der Waals surface area contributed by atoms with E-state index in [1.807, 2.05) is 12.1 Å². The smallest absolute Gasteiger partial charge is 1.00 e. The Labute approximate surface area is 97.0 Å². The summed E-state index contributed by atoms with van der Waals surface area (Å²) < 4.78 is 1.18. The van der Waals surface area contributed by atoms with Crippen LogP contribution in [0, 0.1) is 0 Å². The topological polar surface area (TPSA) is 0 Å². The molecule has 1 aromatic rings. The van der Waals surface area contributed by atoms with Gasteiger partial charge in [-0.15, -0.1) is 0 Å². The molecule has 1 aromatic carbocycles. The van der Waals surface area contributed by atoms with E-state index in [0.29, 0.717) is 5.02 Å². The van der Waals surface area contributed by atoms with E-state index < -0.39 is 0 Å². The quantitative estimate of drug-likeness (QED) is 0.428. The van der Waals surface area contributed by atoms with Gasteiger partial charge in [-0.25, -0.2) is 0 Å². The number of halogens is 3. The average molecular weight is 338 g/mol. The SMILES string of the molecule is Clc1cc[c]([Zn+])c(Cl)c1.[I-]. The Kier molecular flexibility index (Phi) is 5.48. The summed E-state index contributed by atoms with van der Waals surface area (Å²) in [5, 5.41) is 1.49. The van der Waals surface area contributed by atoms with Crippen LogP contribution in [0.2, 0.25) is 10.0 Å². The van der Waals surface area contributed by atoms with E-state index in [2.05, 4.69) is 0 Å². The minimum Gasteiger partial charge on any atom is -1.00 e.